The molecule has 7 nitrogen and oxygen atoms in total. The van der Waals surface area contributed by atoms with Crippen molar-refractivity contribution in [1.82, 2.24) is 9.97 Å². The molecule has 0 atom stereocenters. The number of nitro benzene ring substituents is 1. The predicted molar refractivity (Wildman–Crippen MR) is 74.2 cm³/mol. The van der Waals surface area contributed by atoms with Gasteiger partial charge in [-0.1, -0.05) is 0 Å². The maximum Gasteiger partial charge on any atom is 0.305 e. The molecule has 2 aromatic rings. The first-order valence-corrected chi connectivity index (χ1v) is 6.07. The Morgan fingerprint density at radius 1 is 1.33 bits per heavy atom. The number of anilines is 1. The Balaban J connectivity index is 2.37. The number of halogens is 1. The Hall–Kier alpha value is -2.77. The largest absolute Gasteiger partial charge is 0.438 e. The van der Waals surface area contributed by atoms with Crippen LogP contribution in [-0.2, 0) is 0 Å². The monoisotopic (exact) mass is 292 g/mol. The van der Waals surface area contributed by atoms with Crippen molar-refractivity contribution in [2.24, 2.45) is 0 Å². The average Bonchev–Trinajstić information content (AvgIpc) is 2.42. The third-order valence-electron chi connectivity index (χ3n) is 2.78. The topological polar surface area (TPSA) is 90.2 Å². The zero-order valence-corrected chi connectivity index (χ0v) is 11.7. The summed E-state index contributed by atoms with van der Waals surface area (Å²) in [4.78, 5) is 18.1. The molecule has 21 heavy (non-hydrogen) atoms. The van der Waals surface area contributed by atoms with Crippen LogP contribution in [0.25, 0.3) is 0 Å². The number of rotatable bonds is 4. The van der Waals surface area contributed by atoms with Gasteiger partial charge in [0.2, 0.25) is 11.7 Å². The standard InChI is InChI=1S/C13H13FN4O3/c1-7-12(15-3)16-8(2)17-13(7)21-9-4-5-11(18(19)20)10(14)6-9/h4-6H,1-3H3,(H,15,16,17). The second-order valence-corrected chi connectivity index (χ2v) is 4.27. The number of nitrogens with one attached hydrogen (secondary N) is 1. The molecule has 0 spiro atoms. The molecule has 0 saturated carbocycles. The third kappa shape index (κ3) is 3.04. The summed E-state index contributed by atoms with van der Waals surface area (Å²) in [7, 11) is 1.71. The first kappa shape index (κ1) is 14.6. The number of aryl methyl sites for hydroxylation is 1. The molecule has 0 aliphatic heterocycles. The van der Waals surface area contributed by atoms with Crippen LogP contribution in [0.3, 0.4) is 0 Å². The van der Waals surface area contributed by atoms with Crippen LogP contribution in [0.2, 0.25) is 0 Å². The fourth-order valence-corrected chi connectivity index (χ4v) is 1.76. The van der Waals surface area contributed by atoms with E-state index in [4.69, 9.17) is 4.74 Å². The van der Waals surface area contributed by atoms with Crippen LogP contribution in [-0.4, -0.2) is 21.9 Å². The average molecular weight is 292 g/mol. The minimum Gasteiger partial charge on any atom is -0.438 e. The van der Waals surface area contributed by atoms with E-state index in [0.717, 1.165) is 12.1 Å². The summed E-state index contributed by atoms with van der Waals surface area (Å²) >= 11 is 0. The molecular formula is C13H13FN4O3. The smallest absolute Gasteiger partial charge is 0.305 e. The minimum atomic E-state index is -0.963. The van der Waals surface area contributed by atoms with Gasteiger partial charge in [-0.25, -0.2) is 4.98 Å². The van der Waals surface area contributed by atoms with Gasteiger partial charge in [0, 0.05) is 19.2 Å². The van der Waals surface area contributed by atoms with Crippen molar-refractivity contribution in [3.63, 3.8) is 0 Å². The molecule has 1 aromatic carbocycles. The molecule has 0 aliphatic rings. The van der Waals surface area contributed by atoms with Crippen molar-refractivity contribution >= 4 is 11.5 Å². The Bertz CT molecular complexity index is 706. The Morgan fingerprint density at radius 2 is 2.05 bits per heavy atom. The van der Waals surface area contributed by atoms with E-state index < -0.39 is 16.4 Å². The molecule has 0 radical (unpaired) electrons. The van der Waals surface area contributed by atoms with Crippen molar-refractivity contribution in [3.8, 4) is 11.6 Å². The van der Waals surface area contributed by atoms with Crippen LogP contribution in [0.15, 0.2) is 18.2 Å². The molecule has 0 saturated heterocycles. The van der Waals surface area contributed by atoms with E-state index in [-0.39, 0.29) is 11.6 Å². The van der Waals surface area contributed by atoms with E-state index in [1.54, 1.807) is 20.9 Å². The Kier molecular flexibility index (Phi) is 3.97. The highest BCUT2D eigenvalue weighted by molar-refractivity contribution is 5.49. The lowest BCUT2D eigenvalue weighted by atomic mass is 10.3. The zero-order chi connectivity index (χ0) is 15.6. The van der Waals surface area contributed by atoms with E-state index in [9.17, 15) is 14.5 Å². The summed E-state index contributed by atoms with van der Waals surface area (Å²) in [5, 5.41) is 13.5. The van der Waals surface area contributed by atoms with Crippen molar-refractivity contribution in [2.75, 3.05) is 12.4 Å². The van der Waals surface area contributed by atoms with E-state index in [1.165, 1.54) is 6.07 Å². The van der Waals surface area contributed by atoms with Crippen LogP contribution in [0, 0.1) is 29.8 Å². The SMILES string of the molecule is CNc1nc(C)nc(Oc2ccc([N+](=O)[O-])c(F)c2)c1C. The predicted octanol–water partition coefficient (Wildman–Crippen LogP) is 2.97. The third-order valence-corrected chi connectivity index (χ3v) is 2.78. The molecule has 1 heterocycles. The first-order chi connectivity index (χ1) is 9.92. The quantitative estimate of drug-likeness (QED) is 0.688. The highest BCUT2D eigenvalue weighted by Crippen LogP contribution is 2.29. The number of hydrogen-bond donors (Lipinski definition) is 1. The normalized spacial score (nSPS) is 10.3. The van der Waals surface area contributed by atoms with Gasteiger partial charge in [-0.05, 0) is 19.9 Å². The summed E-state index contributed by atoms with van der Waals surface area (Å²) < 4.78 is 19.1. The van der Waals surface area contributed by atoms with Crippen LogP contribution in [0.1, 0.15) is 11.4 Å². The molecular weight excluding hydrogens is 279 g/mol. The summed E-state index contributed by atoms with van der Waals surface area (Å²) in [6.07, 6.45) is 0. The number of benzene rings is 1. The number of hydrogen-bond acceptors (Lipinski definition) is 6. The summed E-state index contributed by atoms with van der Waals surface area (Å²) in [6, 6.07) is 3.32. The second-order valence-electron chi connectivity index (χ2n) is 4.27. The lowest BCUT2D eigenvalue weighted by Gasteiger charge is -2.11. The van der Waals surface area contributed by atoms with E-state index in [2.05, 4.69) is 15.3 Å². The summed E-state index contributed by atoms with van der Waals surface area (Å²) in [6.45, 7) is 3.45. The van der Waals surface area contributed by atoms with Gasteiger partial charge in [-0.2, -0.15) is 9.37 Å². The Morgan fingerprint density at radius 3 is 2.62 bits per heavy atom. The van der Waals surface area contributed by atoms with Gasteiger partial charge in [-0.15, -0.1) is 0 Å². The van der Waals surface area contributed by atoms with Crippen LogP contribution >= 0.6 is 0 Å². The summed E-state index contributed by atoms with van der Waals surface area (Å²) in [5.74, 6) is 0.512. The summed E-state index contributed by atoms with van der Waals surface area (Å²) in [5.41, 5.74) is 0.0516. The van der Waals surface area contributed by atoms with Crippen LogP contribution in [0.4, 0.5) is 15.9 Å². The fourth-order valence-electron chi connectivity index (χ4n) is 1.76. The van der Waals surface area contributed by atoms with Crippen LogP contribution in [0.5, 0.6) is 11.6 Å². The second kappa shape index (κ2) is 5.70. The lowest BCUT2D eigenvalue weighted by Crippen LogP contribution is -2.03. The number of aromatic nitrogens is 2. The van der Waals surface area contributed by atoms with Crippen molar-refractivity contribution in [1.29, 1.82) is 0 Å². The molecule has 0 fully saturated rings. The molecule has 0 amide bonds. The van der Waals surface area contributed by atoms with Gasteiger partial charge in [0.1, 0.15) is 17.4 Å². The van der Waals surface area contributed by atoms with Gasteiger partial charge >= 0.3 is 5.69 Å². The van der Waals surface area contributed by atoms with Gasteiger partial charge in [0.05, 0.1) is 10.5 Å². The number of nitrogens with zero attached hydrogens (tertiary/aromatic N) is 3. The minimum absolute atomic E-state index is 0.126. The molecule has 110 valence electrons. The Labute approximate surface area is 120 Å². The molecule has 0 aliphatic carbocycles. The maximum atomic E-state index is 13.6. The highest BCUT2D eigenvalue weighted by atomic mass is 19.1. The van der Waals surface area contributed by atoms with Crippen LogP contribution < -0.4 is 10.1 Å². The van der Waals surface area contributed by atoms with Gasteiger partial charge in [0.25, 0.3) is 0 Å². The lowest BCUT2D eigenvalue weighted by molar-refractivity contribution is -0.387. The number of ether oxygens (including phenoxy) is 1. The van der Waals surface area contributed by atoms with Gasteiger partial charge < -0.3 is 10.1 Å². The molecule has 2 rings (SSSR count). The maximum absolute atomic E-state index is 13.6. The van der Waals surface area contributed by atoms with Crippen molar-refractivity contribution in [3.05, 3.63) is 45.5 Å². The highest BCUT2D eigenvalue weighted by Gasteiger charge is 2.16. The molecule has 1 aromatic heterocycles. The van der Waals surface area contributed by atoms with Crippen molar-refractivity contribution < 1.29 is 14.1 Å². The van der Waals surface area contributed by atoms with Gasteiger partial charge in [0.15, 0.2) is 0 Å². The van der Waals surface area contributed by atoms with E-state index >= 15 is 0 Å². The van der Waals surface area contributed by atoms with Gasteiger partial charge in [-0.3, -0.25) is 10.1 Å². The molecule has 0 bridgehead atoms. The van der Waals surface area contributed by atoms with E-state index in [0.29, 0.717) is 17.2 Å². The fraction of sp³-hybridized carbons (Fsp3) is 0.231. The zero-order valence-electron chi connectivity index (χ0n) is 11.7. The molecule has 0 unspecified atom stereocenters. The van der Waals surface area contributed by atoms with E-state index in [1.807, 2.05) is 0 Å². The molecule has 1 N–H and O–H groups in total. The number of nitro groups is 1. The van der Waals surface area contributed by atoms with Crippen molar-refractivity contribution in [2.45, 2.75) is 13.8 Å². The first-order valence-electron chi connectivity index (χ1n) is 6.07. The molecule has 8 heteroatoms.